The summed E-state index contributed by atoms with van der Waals surface area (Å²) >= 11 is 0. The minimum atomic E-state index is -0.0105. The fraction of sp³-hybridized carbons (Fsp3) is 0.333. The average Bonchev–Trinajstić information content (AvgIpc) is 3.47. The van der Waals surface area contributed by atoms with Crippen LogP contribution >= 0.6 is 0 Å². The molecule has 1 aromatic heterocycles. The molecule has 6 heteroatoms. The number of ether oxygens (including phenoxy) is 1. The van der Waals surface area contributed by atoms with Gasteiger partial charge in [0.25, 0.3) is 0 Å². The lowest BCUT2D eigenvalue weighted by atomic mass is 10.0. The van der Waals surface area contributed by atoms with Crippen molar-refractivity contribution >= 4 is 11.6 Å². The SMILES string of the molecule is O=C(C1CCOC1)N1CCN(Cc2c[nH]cn2)c2ccc(-c3ccccc3)cc2C1. The zero-order chi connectivity index (χ0) is 20.3. The van der Waals surface area contributed by atoms with Crippen LogP contribution in [0.4, 0.5) is 5.69 Å². The molecule has 1 atom stereocenters. The molecule has 0 aliphatic carbocycles. The van der Waals surface area contributed by atoms with Crippen LogP contribution in [0.2, 0.25) is 0 Å². The van der Waals surface area contributed by atoms with Crippen molar-refractivity contribution < 1.29 is 9.53 Å². The standard InChI is InChI=1S/C24H26N4O2/c29-24(20-8-11-30-16-20)28-10-9-27(15-22-13-25-17-26-22)23-7-6-19(12-21(23)14-28)18-4-2-1-3-5-18/h1-7,12-13,17,20H,8-11,14-16H2,(H,25,26). The predicted octanol–water partition coefficient (Wildman–Crippen LogP) is 3.46. The number of aromatic nitrogens is 2. The summed E-state index contributed by atoms with van der Waals surface area (Å²) in [5.74, 6) is 0.203. The maximum absolute atomic E-state index is 13.2. The molecule has 6 nitrogen and oxygen atoms in total. The van der Waals surface area contributed by atoms with Gasteiger partial charge in [-0.1, -0.05) is 36.4 Å². The van der Waals surface area contributed by atoms with Crippen molar-refractivity contribution in [3.05, 3.63) is 72.3 Å². The summed E-state index contributed by atoms with van der Waals surface area (Å²) in [6, 6.07) is 17.0. The molecule has 0 spiro atoms. The van der Waals surface area contributed by atoms with E-state index in [0.29, 0.717) is 26.3 Å². The fourth-order valence-corrected chi connectivity index (χ4v) is 4.39. The number of carbonyl (C=O) groups excluding carboxylic acids is 1. The molecule has 2 aliphatic heterocycles. The molecule has 0 radical (unpaired) electrons. The third-order valence-corrected chi connectivity index (χ3v) is 6.03. The maximum Gasteiger partial charge on any atom is 0.228 e. The first-order valence-electron chi connectivity index (χ1n) is 10.6. The lowest BCUT2D eigenvalue weighted by Crippen LogP contribution is -2.39. The van der Waals surface area contributed by atoms with E-state index in [-0.39, 0.29) is 11.8 Å². The summed E-state index contributed by atoms with van der Waals surface area (Å²) in [6.07, 6.45) is 4.47. The zero-order valence-corrected chi connectivity index (χ0v) is 17.0. The summed E-state index contributed by atoms with van der Waals surface area (Å²) in [5.41, 5.74) is 5.71. The van der Waals surface area contributed by atoms with Gasteiger partial charge in [-0.15, -0.1) is 0 Å². The maximum atomic E-state index is 13.2. The Morgan fingerprint density at radius 2 is 2.03 bits per heavy atom. The van der Waals surface area contributed by atoms with E-state index in [9.17, 15) is 4.79 Å². The molecule has 3 heterocycles. The van der Waals surface area contributed by atoms with Gasteiger partial charge in [0, 0.05) is 38.1 Å². The average molecular weight is 402 g/mol. The van der Waals surface area contributed by atoms with E-state index in [1.54, 1.807) is 6.33 Å². The van der Waals surface area contributed by atoms with E-state index < -0.39 is 0 Å². The molecular weight excluding hydrogens is 376 g/mol. The first-order valence-corrected chi connectivity index (χ1v) is 10.6. The van der Waals surface area contributed by atoms with E-state index in [1.807, 2.05) is 17.2 Å². The van der Waals surface area contributed by atoms with Crippen molar-refractivity contribution in [2.45, 2.75) is 19.5 Å². The van der Waals surface area contributed by atoms with Crippen LogP contribution in [0.5, 0.6) is 0 Å². The number of amides is 1. The monoisotopic (exact) mass is 402 g/mol. The van der Waals surface area contributed by atoms with Gasteiger partial charge in [0.1, 0.15) is 0 Å². The lowest BCUT2D eigenvalue weighted by Gasteiger charge is -2.25. The highest BCUT2D eigenvalue weighted by Gasteiger charge is 2.30. The van der Waals surface area contributed by atoms with Gasteiger partial charge in [0.2, 0.25) is 5.91 Å². The number of imidazole rings is 1. The summed E-state index contributed by atoms with van der Waals surface area (Å²) in [4.78, 5) is 24.9. The van der Waals surface area contributed by atoms with Gasteiger partial charge in [-0.2, -0.15) is 0 Å². The first kappa shape index (κ1) is 18.9. The van der Waals surface area contributed by atoms with Crippen LogP contribution < -0.4 is 4.90 Å². The summed E-state index contributed by atoms with van der Waals surface area (Å²) < 4.78 is 5.47. The molecule has 0 saturated carbocycles. The Morgan fingerprint density at radius 3 is 2.80 bits per heavy atom. The molecule has 1 amide bonds. The van der Waals surface area contributed by atoms with Crippen molar-refractivity contribution in [2.24, 2.45) is 5.92 Å². The van der Waals surface area contributed by atoms with Gasteiger partial charge in [-0.3, -0.25) is 4.79 Å². The highest BCUT2D eigenvalue weighted by Crippen LogP contribution is 2.32. The van der Waals surface area contributed by atoms with Gasteiger partial charge < -0.3 is 19.5 Å². The summed E-state index contributed by atoms with van der Waals surface area (Å²) in [7, 11) is 0. The second-order valence-electron chi connectivity index (χ2n) is 8.01. The van der Waals surface area contributed by atoms with Gasteiger partial charge in [-0.25, -0.2) is 4.98 Å². The smallest absolute Gasteiger partial charge is 0.228 e. The van der Waals surface area contributed by atoms with Crippen LogP contribution in [0.1, 0.15) is 17.7 Å². The van der Waals surface area contributed by atoms with Crippen LogP contribution in [0.15, 0.2) is 61.1 Å². The molecule has 1 N–H and O–H groups in total. The number of aromatic amines is 1. The number of nitrogens with zero attached hydrogens (tertiary/aromatic N) is 3. The normalized spacial score (nSPS) is 18.9. The van der Waals surface area contributed by atoms with Crippen molar-refractivity contribution in [1.82, 2.24) is 14.9 Å². The quantitative estimate of drug-likeness (QED) is 0.726. The van der Waals surface area contributed by atoms with Crippen LogP contribution in [0.25, 0.3) is 11.1 Å². The summed E-state index contributed by atoms with van der Waals surface area (Å²) in [6.45, 7) is 4.06. The Morgan fingerprint density at radius 1 is 1.13 bits per heavy atom. The molecule has 3 aromatic rings. The number of benzene rings is 2. The first-order chi connectivity index (χ1) is 14.8. The number of hydrogen-bond acceptors (Lipinski definition) is 4. The third-order valence-electron chi connectivity index (χ3n) is 6.03. The largest absolute Gasteiger partial charge is 0.381 e. The Labute approximate surface area is 176 Å². The number of hydrogen-bond donors (Lipinski definition) is 1. The van der Waals surface area contributed by atoms with Crippen LogP contribution in [0.3, 0.4) is 0 Å². The number of carbonyl (C=O) groups is 1. The van der Waals surface area contributed by atoms with Gasteiger partial charge in [-0.05, 0) is 35.2 Å². The highest BCUT2D eigenvalue weighted by atomic mass is 16.5. The molecule has 154 valence electrons. The van der Waals surface area contributed by atoms with Gasteiger partial charge in [0.15, 0.2) is 0 Å². The molecule has 0 bridgehead atoms. The molecule has 1 fully saturated rings. The highest BCUT2D eigenvalue weighted by molar-refractivity contribution is 5.80. The van der Waals surface area contributed by atoms with Gasteiger partial charge >= 0.3 is 0 Å². The molecule has 30 heavy (non-hydrogen) atoms. The number of anilines is 1. The Bertz CT molecular complexity index is 997. The lowest BCUT2D eigenvalue weighted by molar-refractivity contribution is -0.135. The van der Waals surface area contributed by atoms with Crippen LogP contribution in [-0.4, -0.2) is 47.1 Å². The molecule has 1 saturated heterocycles. The van der Waals surface area contributed by atoms with Crippen molar-refractivity contribution in [2.75, 3.05) is 31.2 Å². The molecule has 5 rings (SSSR count). The Balaban J connectivity index is 1.48. The van der Waals surface area contributed by atoms with Crippen molar-refractivity contribution in [3.8, 4) is 11.1 Å². The van der Waals surface area contributed by atoms with Crippen molar-refractivity contribution in [1.29, 1.82) is 0 Å². The number of fused-ring (bicyclic) bond motifs is 1. The third kappa shape index (κ3) is 3.83. The molecule has 2 aromatic carbocycles. The minimum absolute atomic E-state index is 0.0105. The van der Waals surface area contributed by atoms with E-state index >= 15 is 0 Å². The molecule has 1 unspecified atom stereocenters. The van der Waals surface area contributed by atoms with E-state index in [0.717, 1.165) is 25.2 Å². The molecular formula is C24H26N4O2. The zero-order valence-electron chi connectivity index (χ0n) is 17.0. The van der Waals surface area contributed by atoms with E-state index in [2.05, 4.69) is 57.3 Å². The molecule has 2 aliphatic rings. The second-order valence-corrected chi connectivity index (χ2v) is 8.01. The van der Waals surface area contributed by atoms with Gasteiger partial charge in [0.05, 0.1) is 31.1 Å². The predicted molar refractivity (Wildman–Crippen MR) is 116 cm³/mol. The minimum Gasteiger partial charge on any atom is -0.381 e. The Hall–Kier alpha value is -3.12. The topological polar surface area (TPSA) is 61.5 Å². The number of rotatable bonds is 4. The summed E-state index contributed by atoms with van der Waals surface area (Å²) in [5, 5.41) is 0. The second kappa shape index (κ2) is 8.32. The fourth-order valence-electron chi connectivity index (χ4n) is 4.39. The van der Waals surface area contributed by atoms with Crippen LogP contribution in [0, 0.1) is 5.92 Å². The van der Waals surface area contributed by atoms with E-state index in [1.165, 1.54) is 22.4 Å². The van der Waals surface area contributed by atoms with Crippen molar-refractivity contribution in [3.63, 3.8) is 0 Å². The number of H-pyrrole nitrogens is 1. The Kier molecular flexibility index (Phi) is 5.24. The number of nitrogens with one attached hydrogen (secondary N) is 1. The van der Waals surface area contributed by atoms with E-state index in [4.69, 9.17) is 4.74 Å². The van der Waals surface area contributed by atoms with Crippen LogP contribution in [-0.2, 0) is 22.6 Å².